The highest BCUT2D eigenvalue weighted by Crippen LogP contribution is 2.00. The first kappa shape index (κ1) is 15.1. The number of esters is 1. The highest BCUT2D eigenvalue weighted by atomic mass is 79.9. The minimum Gasteiger partial charge on any atom is -0.466 e. The molecule has 5 nitrogen and oxygen atoms in total. The number of oxime groups is 1. The Labute approximate surface area is 103 Å². The summed E-state index contributed by atoms with van der Waals surface area (Å²) < 4.78 is 4.61. The summed E-state index contributed by atoms with van der Waals surface area (Å²) in [7, 11) is 0. The highest BCUT2D eigenvalue weighted by Gasteiger charge is 2.08. The molecule has 0 aliphatic heterocycles. The lowest BCUT2D eigenvalue weighted by molar-refractivity contribution is -0.144. The van der Waals surface area contributed by atoms with Crippen molar-refractivity contribution in [1.82, 2.24) is 0 Å². The molecule has 0 aromatic rings. The van der Waals surface area contributed by atoms with Crippen molar-refractivity contribution in [3.8, 4) is 0 Å². The van der Waals surface area contributed by atoms with Gasteiger partial charge in [0.25, 0.3) is 0 Å². The van der Waals surface area contributed by atoms with Crippen LogP contribution >= 0.6 is 15.9 Å². The molecule has 0 N–H and O–H groups in total. The Bertz CT molecular complexity index is 255. The van der Waals surface area contributed by atoms with Gasteiger partial charge in [-0.05, 0) is 20.3 Å². The SMILES string of the molecule is CCOC(=O)CC(=O)C=NOC(C)CCBr. The Hall–Kier alpha value is -0.910. The topological polar surface area (TPSA) is 65.0 Å². The molecule has 0 aliphatic rings. The van der Waals surface area contributed by atoms with E-state index in [2.05, 4.69) is 25.8 Å². The molecular weight excluding hydrogens is 278 g/mol. The molecule has 0 aromatic heterocycles. The van der Waals surface area contributed by atoms with Crippen molar-refractivity contribution in [2.75, 3.05) is 11.9 Å². The second kappa shape index (κ2) is 9.33. The predicted octanol–water partition coefficient (Wildman–Crippen LogP) is 1.68. The van der Waals surface area contributed by atoms with Gasteiger partial charge in [-0.25, -0.2) is 0 Å². The number of carbonyl (C=O) groups excluding carboxylic acids is 2. The van der Waals surface area contributed by atoms with Gasteiger partial charge in [-0.3, -0.25) is 9.59 Å². The van der Waals surface area contributed by atoms with Crippen molar-refractivity contribution in [3.05, 3.63) is 0 Å². The van der Waals surface area contributed by atoms with E-state index in [4.69, 9.17) is 4.84 Å². The van der Waals surface area contributed by atoms with Crippen molar-refractivity contribution in [2.24, 2.45) is 5.16 Å². The van der Waals surface area contributed by atoms with E-state index in [0.717, 1.165) is 18.0 Å². The average Bonchev–Trinajstić information content (AvgIpc) is 2.18. The zero-order valence-electron chi connectivity index (χ0n) is 9.44. The van der Waals surface area contributed by atoms with Gasteiger partial charge in [0.15, 0.2) is 5.78 Å². The van der Waals surface area contributed by atoms with Gasteiger partial charge in [0.05, 0.1) is 6.61 Å². The molecule has 1 atom stereocenters. The van der Waals surface area contributed by atoms with Gasteiger partial charge in [-0.1, -0.05) is 21.1 Å². The van der Waals surface area contributed by atoms with Gasteiger partial charge >= 0.3 is 5.97 Å². The van der Waals surface area contributed by atoms with Crippen molar-refractivity contribution < 1.29 is 19.2 Å². The van der Waals surface area contributed by atoms with Gasteiger partial charge < -0.3 is 9.57 Å². The zero-order valence-corrected chi connectivity index (χ0v) is 11.0. The zero-order chi connectivity index (χ0) is 12.4. The van der Waals surface area contributed by atoms with E-state index in [0.29, 0.717) is 0 Å². The third kappa shape index (κ3) is 8.40. The summed E-state index contributed by atoms with van der Waals surface area (Å²) >= 11 is 3.26. The number of alkyl halides is 1. The molecule has 0 heterocycles. The first-order valence-electron chi connectivity index (χ1n) is 5.03. The fourth-order valence-electron chi connectivity index (χ4n) is 0.799. The minimum atomic E-state index is -0.549. The van der Waals surface area contributed by atoms with Crippen LogP contribution in [-0.2, 0) is 19.2 Å². The molecule has 1 unspecified atom stereocenters. The molecule has 6 heteroatoms. The van der Waals surface area contributed by atoms with E-state index in [9.17, 15) is 9.59 Å². The number of hydrogen-bond acceptors (Lipinski definition) is 5. The molecule has 0 fully saturated rings. The van der Waals surface area contributed by atoms with E-state index in [-0.39, 0.29) is 19.1 Å². The smallest absolute Gasteiger partial charge is 0.313 e. The van der Waals surface area contributed by atoms with E-state index in [1.807, 2.05) is 6.92 Å². The number of hydrogen-bond donors (Lipinski definition) is 0. The Kier molecular flexibility index (Phi) is 8.80. The molecule has 0 saturated carbocycles. The van der Waals surface area contributed by atoms with Crippen LogP contribution in [0.15, 0.2) is 5.16 Å². The van der Waals surface area contributed by atoms with Crippen LogP contribution in [0, 0.1) is 0 Å². The van der Waals surface area contributed by atoms with Crippen molar-refractivity contribution in [2.45, 2.75) is 32.8 Å². The standard InChI is InChI=1S/C10H16BrNO4/c1-3-15-10(14)6-9(13)7-12-16-8(2)4-5-11/h7-8H,3-6H2,1-2H3. The third-order valence-electron chi connectivity index (χ3n) is 1.58. The molecule has 16 heavy (non-hydrogen) atoms. The monoisotopic (exact) mass is 293 g/mol. The van der Waals surface area contributed by atoms with Gasteiger partial charge in [0, 0.05) is 5.33 Å². The summed E-state index contributed by atoms with van der Waals surface area (Å²) in [5.41, 5.74) is 0. The molecule has 0 spiro atoms. The second-order valence-corrected chi connectivity index (χ2v) is 3.87. The first-order chi connectivity index (χ1) is 7.60. The summed E-state index contributed by atoms with van der Waals surface area (Å²) in [6.45, 7) is 3.79. The molecule has 92 valence electrons. The summed E-state index contributed by atoms with van der Waals surface area (Å²) in [5.74, 6) is -0.975. The molecule has 0 radical (unpaired) electrons. The molecular formula is C10H16BrNO4. The maximum atomic E-state index is 11.1. The van der Waals surface area contributed by atoms with Crippen LogP contribution in [0.25, 0.3) is 0 Å². The number of halogens is 1. The van der Waals surface area contributed by atoms with Crippen LogP contribution in [0.3, 0.4) is 0 Å². The van der Waals surface area contributed by atoms with Gasteiger partial charge in [0.2, 0.25) is 0 Å². The maximum Gasteiger partial charge on any atom is 0.313 e. The number of Topliss-reactive ketones (excluding diaryl/α,β-unsaturated/α-hetero) is 1. The van der Waals surface area contributed by atoms with E-state index >= 15 is 0 Å². The van der Waals surface area contributed by atoms with Crippen LogP contribution < -0.4 is 0 Å². The molecule has 0 aliphatic carbocycles. The van der Waals surface area contributed by atoms with Crippen LogP contribution in [0.4, 0.5) is 0 Å². The number of carbonyl (C=O) groups is 2. The van der Waals surface area contributed by atoms with Crippen LogP contribution in [-0.4, -0.2) is 36.0 Å². The number of nitrogens with zero attached hydrogens (tertiary/aromatic N) is 1. The number of ether oxygens (including phenoxy) is 1. The molecule has 0 rings (SSSR count). The molecule has 0 amide bonds. The van der Waals surface area contributed by atoms with Crippen molar-refractivity contribution in [3.63, 3.8) is 0 Å². The lowest BCUT2D eigenvalue weighted by atomic mass is 10.3. The second-order valence-electron chi connectivity index (χ2n) is 3.08. The van der Waals surface area contributed by atoms with Gasteiger partial charge in [-0.15, -0.1) is 0 Å². The Morgan fingerprint density at radius 3 is 2.75 bits per heavy atom. The highest BCUT2D eigenvalue weighted by molar-refractivity contribution is 9.09. The third-order valence-corrected chi connectivity index (χ3v) is 2.03. The van der Waals surface area contributed by atoms with Crippen LogP contribution in [0.1, 0.15) is 26.7 Å². The number of rotatable bonds is 8. The summed E-state index contributed by atoms with van der Waals surface area (Å²) in [6, 6.07) is 0. The summed E-state index contributed by atoms with van der Waals surface area (Å²) in [4.78, 5) is 27.0. The summed E-state index contributed by atoms with van der Waals surface area (Å²) in [5, 5.41) is 4.31. The summed E-state index contributed by atoms with van der Waals surface area (Å²) in [6.07, 6.45) is 1.43. The Morgan fingerprint density at radius 2 is 2.19 bits per heavy atom. The van der Waals surface area contributed by atoms with E-state index in [1.165, 1.54) is 0 Å². The van der Waals surface area contributed by atoms with E-state index in [1.54, 1.807) is 6.92 Å². The van der Waals surface area contributed by atoms with Gasteiger partial charge in [-0.2, -0.15) is 0 Å². The van der Waals surface area contributed by atoms with E-state index < -0.39 is 11.8 Å². The van der Waals surface area contributed by atoms with Crippen LogP contribution in [0.2, 0.25) is 0 Å². The normalized spacial score (nSPS) is 12.4. The fraction of sp³-hybridized carbons (Fsp3) is 0.700. The molecule has 0 aromatic carbocycles. The lowest BCUT2D eigenvalue weighted by Gasteiger charge is -2.05. The first-order valence-corrected chi connectivity index (χ1v) is 6.15. The molecule has 0 bridgehead atoms. The van der Waals surface area contributed by atoms with Crippen molar-refractivity contribution in [1.29, 1.82) is 0 Å². The minimum absolute atomic E-state index is 0.0639. The Balaban J connectivity index is 3.78. The Morgan fingerprint density at radius 1 is 1.50 bits per heavy atom. The van der Waals surface area contributed by atoms with Crippen LogP contribution in [0.5, 0.6) is 0 Å². The lowest BCUT2D eigenvalue weighted by Crippen LogP contribution is -2.12. The van der Waals surface area contributed by atoms with Gasteiger partial charge in [0.1, 0.15) is 18.7 Å². The maximum absolute atomic E-state index is 11.1. The average molecular weight is 294 g/mol. The van der Waals surface area contributed by atoms with Crippen molar-refractivity contribution >= 4 is 33.9 Å². The fourth-order valence-corrected chi connectivity index (χ4v) is 1.44. The quantitative estimate of drug-likeness (QED) is 0.225. The predicted molar refractivity (Wildman–Crippen MR) is 63.7 cm³/mol. The largest absolute Gasteiger partial charge is 0.466 e. The number of ketones is 1. The molecule has 0 saturated heterocycles.